The molecule has 9 heteroatoms. The molecule has 0 aromatic heterocycles. The van der Waals surface area contributed by atoms with Crippen molar-refractivity contribution in [2.45, 2.75) is 134 Å². The van der Waals surface area contributed by atoms with Crippen LogP contribution in [0.4, 0.5) is 0 Å². The minimum Gasteiger partial charge on any atom is -0.427 e. The fourth-order valence-corrected chi connectivity index (χ4v) is 17.0. The van der Waals surface area contributed by atoms with Crippen LogP contribution >= 0.6 is 19.0 Å². The first-order chi connectivity index (χ1) is 23.4. The first-order valence-corrected chi connectivity index (χ1v) is 24.3. The van der Waals surface area contributed by atoms with Gasteiger partial charge < -0.3 is 14.5 Å². The molecule has 2 rings (SSSR count). The molecular formula is C40H65NO5PSSi+. The van der Waals surface area contributed by atoms with Gasteiger partial charge in [0.2, 0.25) is 11.0 Å². The third-order valence-electron chi connectivity index (χ3n) is 9.89. The Morgan fingerprint density at radius 2 is 1.33 bits per heavy atom. The Morgan fingerprint density at radius 1 is 0.776 bits per heavy atom. The summed E-state index contributed by atoms with van der Waals surface area (Å²) in [4.78, 5) is 38.7. The van der Waals surface area contributed by atoms with E-state index in [9.17, 15) is 14.4 Å². The number of unbranched alkanes of at least 4 members (excludes halogenated alkanes) is 3. The first-order valence-electron chi connectivity index (χ1n) is 18.7. The molecule has 2 aromatic rings. The summed E-state index contributed by atoms with van der Waals surface area (Å²) in [5, 5.41) is 2.93. The van der Waals surface area contributed by atoms with Gasteiger partial charge in [0.1, 0.15) is 5.75 Å². The number of hydrogen-bond acceptors (Lipinski definition) is 6. The third kappa shape index (κ3) is 14.6. The number of carbonyl (C=O) groups is 3. The van der Waals surface area contributed by atoms with E-state index in [0.29, 0.717) is 28.9 Å². The Morgan fingerprint density at radius 3 is 1.82 bits per heavy atom. The lowest BCUT2D eigenvalue weighted by molar-refractivity contribution is -0.136. The topological polar surface area (TPSA) is 81.7 Å². The van der Waals surface area contributed by atoms with Crippen molar-refractivity contribution in [3.8, 4) is 5.75 Å². The number of amides is 1. The highest BCUT2D eigenvalue weighted by atomic mass is 32.2. The molecule has 0 fully saturated rings. The standard InChI is InChI=1S/C40H64NO5PSSi/c1-9-12-27-47(28-13-10-2,29-14-11-3)31-34-16-18-35(19-17-34)40(44)48-37-22-20-36(21-23-37)46-39(43)25-24-38(42)41-26-15-30-49(45-8,32(4)5)33(6)7/h16-23,32-33H,9-15,24-31H2,1-8H3/p+1. The number of benzene rings is 2. The lowest BCUT2D eigenvalue weighted by Crippen LogP contribution is -2.44. The summed E-state index contributed by atoms with van der Waals surface area (Å²) in [7, 11) is -1.10. The van der Waals surface area contributed by atoms with E-state index >= 15 is 0 Å². The number of hydrogen-bond donors (Lipinski definition) is 1. The molecule has 1 amide bonds. The quantitative estimate of drug-likeness (QED) is 0.0289. The molecule has 274 valence electrons. The Bertz CT molecular complexity index is 1240. The summed E-state index contributed by atoms with van der Waals surface area (Å²) >= 11 is 1.18. The second-order valence-electron chi connectivity index (χ2n) is 14.2. The predicted octanol–water partition coefficient (Wildman–Crippen LogP) is 11.1. The van der Waals surface area contributed by atoms with Crippen molar-refractivity contribution < 1.29 is 23.5 Å². The van der Waals surface area contributed by atoms with Crippen LogP contribution in [0.1, 0.15) is 122 Å². The highest BCUT2D eigenvalue weighted by molar-refractivity contribution is 8.14. The van der Waals surface area contributed by atoms with E-state index in [2.05, 4.69) is 65.9 Å². The van der Waals surface area contributed by atoms with Crippen LogP contribution in [0.2, 0.25) is 17.1 Å². The number of rotatable bonds is 24. The molecule has 1 N–H and O–H groups in total. The summed E-state index contributed by atoms with van der Waals surface area (Å²) in [5.74, 6) is -0.210. The maximum Gasteiger partial charge on any atom is 0.311 e. The van der Waals surface area contributed by atoms with Crippen molar-refractivity contribution in [3.63, 3.8) is 0 Å². The molecular weight excluding hydrogens is 666 g/mol. The maximum atomic E-state index is 13.1. The zero-order chi connectivity index (χ0) is 36.3. The Balaban J connectivity index is 1.84. The van der Waals surface area contributed by atoms with Gasteiger partial charge in [-0.2, -0.15) is 0 Å². The van der Waals surface area contributed by atoms with Crippen molar-refractivity contribution >= 4 is 44.3 Å². The first kappa shape index (κ1) is 43.2. The smallest absolute Gasteiger partial charge is 0.311 e. The van der Waals surface area contributed by atoms with Crippen molar-refractivity contribution in [2.24, 2.45) is 0 Å². The molecule has 0 radical (unpaired) electrons. The lowest BCUT2D eigenvalue weighted by atomic mass is 10.2. The SMILES string of the molecule is CCCC[P+](CCCC)(CCCC)Cc1ccc(C(=O)Sc2ccc(OC(=O)CCC(=O)NCCC[Si](OC)(C(C)C)C(C)C)cc2)cc1. The molecule has 0 bridgehead atoms. The van der Waals surface area contributed by atoms with Crippen LogP contribution in [0, 0.1) is 0 Å². The van der Waals surface area contributed by atoms with E-state index < -0.39 is 21.5 Å². The summed E-state index contributed by atoms with van der Waals surface area (Å²) in [6.07, 6.45) is 14.0. The van der Waals surface area contributed by atoms with Crippen molar-refractivity contribution in [3.05, 3.63) is 59.7 Å². The molecule has 0 saturated heterocycles. The van der Waals surface area contributed by atoms with E-state index in [1.807, 2.05) is 19.2 Å². The van der Waals surface area contributed by atoms with Crippen LogP contribution in [-0.4, -0.2) is 57.4 Å². The molecule has 0 unspecified atom stereocenters. The zero-order valence-corrected chi connectivity index (χ0v) is 34.5. The fourth-order valence-electron chi connectivity index (χ4n) is 6.82. The van der Waals surface area contributed by atoms with Gasteiger partial charge in [-0.15, -0.1) is 0 Å². The van der Waals surface area contributed by atoms with E-state index in [1.165, 1.54) is 80.5 Å². The molecule has 2 aromatic carbocycles. The van der Waals surface area contributed by atoms with Gasteiger partial charge in [0.05, 0.1) is 31.1 Å². The summed E-state index contributed by atoms with van der Waals surface area (Å²) in [6, 6.07) is 16.3. The third-order valence-corrected chi connectivity index (χ3v) is 21.5. The average Bonchev–Trinajstić information content (AvgIpc) is 3.09. The van der Waals surface area contributed by atoms with Crippen LogP contribution < -0.4 is 10.1 Å². The summed E-state index contributed by atoms with van der Waals surface area (Å²) in [6.45, 7) is 16.4. The minimum atomic E-state index is -1.87. The van der Waals surface area contributed by atoms with Crippen LogP contribution in [0.15, 0.2) is 53.4 Å². The van der Waals surface area contributed by atoms with E-state index in [4.69, 9.17) is 9.16 Å². The molecule has 0 atom stereocenters. The molecule has 6 nitrogen and oxygen atoms in total. The molecule has 0 spiro atoms. The van der Waals surface area contributed by atoms with Gasteiger partial charge in [0.25, 0.3) is 0 Å². The monoisotopic (exact) mass is 730 g/mol. The van der Waals surface area contributed by atoms with Gasteiger partial charge in [-0.05, 0) is 84.4 Å². The number of nitrogens with one attached hydrogen (secondary N) is 1. The number of ether oxygens (including phenoxy) is 1. The fraction of sp³-hybridized carbons (Fsp3) is 0.625. The molecule has 49 heavy (non-hydrogen) atoms. The van der Waals surface area contributed by atoms with Gasteiger partial charge in [0.15, 0.2) is 8.32 Å². The van der Waals surface area contributed by atoms with Gasteiger partial charge in [-0.3, -0.25) is 14.4 Å². The molecule has 0 aliphatic rings. The molecule has 0 aliphatic heterocycles. The van der Waals surface area contributed by atoms with Crippen molar-refractivity contribution in [1.29, 1.82) is 0 Å². The largest absolute Gasteiger partial charge is 0.427 e. The Kier molecular flexibility index (Phi) is 20.0. The molecule has 0 heterocycles. The van der Waals surface area contributed by atoms with Crippen molar-refractivity contribution in [1.82, 2.24) is 5.32 Å². The van der Waals surface area contributed by atoms with E-state index in [0.717, 1.165) is 17.4 Å². The highest BCUT2D eigenvalue weighted by Gasteiger charge is 2.40. The number of esters is 1. The zero-order valence-electron chi connectivity index (χ0n) is 31.8. The van der Waals surface area contributed by atoms with Crippen molar-refractivity contribution in [2.75, 3.05) is 32.1 Å². The van der Waals surface area contributed by atoms with Crippen LogP contribution in [0.25, 0.3) is 0 Å². The van der Waals surface area contributed by atoms with Gasteiger partial charge in [-0.25, -0.2) is 0 Å². The second-order valence-corrected chi connectivity index (χ2v) is 24.7. The predicted molar refractivity (Wildman–Crippen MR) is 213 cm³/mol. The molecule has 0 aliphatic carbocycles. The number of carbonyl (C=O) groups excluding carboxylic acids is 3. The normalized spacial score (nSPS) is 12.0. The average molecular weight is 731 g/mol. The molecule has 0 saturated carbocycles. The Labute approximate surface area is 304 Å². The lowest BCUT2D eigenvalue weighted by Gasteiger charge is -2.37. The van der Waals surface area contributed by atoms with Gasteiger partial charge in [0, 0.05) is 37.8 Å². The highest BCUT2D eigenvalue weighted by Crippen LogP contribution is 2.63. The van der Waals surface area contributed by atoms with Crippen LogP contribution in [-0.2, 0) is 20.2 Å². The van der Waals surface area contributed by atoms with E-state index in [-0.39, 0.29) is 23.9 Å². The van der Waals surface area contributed by atoms with Gasteiger partial charge >= 0.3 is 5.97 Å². The maximum absolute atomic E-state index is 13.1. The van der Waals surface area contributed by atoms with Crippen LogP contribution in [0.5, 0.6) is 5.75 Å². The van der Waals surface area contributed by atoms with E-state index in [1.54, 1.807) is 24.3 Å². The van der Waals surface area contributed by atoms with Crippen LogP contribution in [0.3, 0.4) is 0 Å². The summed E-state index contributed by atoms with van der Waals surface area (Å²) < 4.78 is 11.5. The second kappa shape index (κ2) is 22.7. The van der Waals surface area contributed by atoms with Gasteiger partial charge in [-0.1, -0.05) is 92.0 Å². The Hall–Kier alpha value is -1.99. The minimum absolute atomic E-state index is 0.00445. The summed E-state index contributed by atoms with van der Waals surface area (Å²) in [5.41, 5.74) is 3.07. The number of thioether (sulfide) groups is 1.